The minimum atomic E-state index is -0.855. The highest BCUT2D eigenvalue weighted by Crippen LogP contribution is 2.60. The Morgan fingerprint density at radius 1 is 1.33 bits per heavy atom. The molecule has 2 saturated heterocycles. The van der Waals surface area contributed by atoms with Crippen LogP contribution in [0.25, 0.3) is 0 Å². The molecule has 21 heavy (non-hydrogen) atoms. The first-order valence-electron chi connectivity index (χ1n) is 7.49. The zero-order valence-electron chi connectivity index (χ0n) is 13.6. The highest BCUT2D eigenvalue weighted by atomic mass is 16.5. The smallest absolute Gasteiger partial charge is 0.302 e. The topological polar surface area (TPSA) is 55.8 Å². The SMILES string of the molecule is CC(=O)OC/C=C(C)/C=C/[C@@]12O[C@@H](CC1(C)C)C[C@@]2(C)O. The van der Waals surface area contributed by atoms with Gasteiger partial charge in [0, 0.05) is 18.8 Å². The summed E-state index contributed by atoms with van der Waals surface area (Å²) in [5.74, 6) is -0.288. The van der Waals surface area contributed by atoms with Crippen LogP contribution in [0.4, 0.5) is 0 Å². The van der Waals surface area contributed by atoms with Gasteiger partial charge in [0.15, 0.2) is 0 Å². The van der Waals surface area contributed by atoms with Crippen LogP contribution in [0.2, 0.25) is 0 Å². The van der Waals surface area contributed by atoms with Gasteiger partial charge in [-0.1, -0.05) is 25.5 Å². The molecular formula is C17H26O4. The summed E-state index contributed by atoms with van der Waals surface area (Å²) in [6.45, 7) is 9.74. The molecule has 0 aromatic carbocycles. The molecule has 0 aromatic rings. The summed E-state index contributed by atoms with van der Waals surface area (Å²) in [6.07, 6.45) is 7.55. The van der Waals surface area contributed by atoms with E-state index in [1.165, 1.54) is 6.92 Å². The quantitative estimate of drug-likeness (QED) is 0.640. The summed E-state index contributed by atoms with van der Waals surface area (Å²) in [7, 11) is 0. The van der Waals surface area contributed by atoms with Crippen LogP contribution >= 0.6 is 0 Å². The first-order chi connectivity index (χ1) is 9.60. The molecule has 2 rings (SSSR count). The maximum atomic E-state index is 10.8. The van der Waals surface area contributed by atoms with Gasteiger partial charge in [-0.2, -0.15) is 0 Å². The summed E-state index contributed by atoms with van der Waals surface area (Å²) in [4.78, 5) is 10.7. The molecule has 4 heteroatoms. The van der Waals surface area contributed by atoms with Gasteiger partial charge in [-0.15, -0.1) is 0 Å². The number of ether oxygens (including phenoxy) is 2. The molecule has 2 fully saturated rings. The van der Waals surface area contributed by atoms with Gasteiger partial charge in [-0.05, 0) is 32.4 Å². The first-order valence-corrected chi connectivity index (χ1v) is 7.49. The highest BCUT2D eigenvalue weighted by molar-refractivity contribution is 5.66. The Bertz CT molecular complexity index is 467. The number of carbonyl (C=O) groups is 1. The summed E-state index contributed by atoms with van der Waals surface area (Å²) >= 11 is 0. The molecule has 2 bridgehead atoms. The predicted molar refractivity (Wildman–Crippen MR) is 80.8 cm³/mol. The lowest BCUT2D eigenvalue weighted by atomic mass is 9.61. The van der Waals surface area contributed by atoms with Crippen LogP contribution in [0.5, 0.6) is 0 Å². The molecule has 4 nitrogen and oxygen atoms in total. The van der Waals surface area contributed by atoms with E-state index in [0.717, 1.165) is 12.0 Å². The van der Waals surface area contributed by atoms with Crippen molar-refractivity contribution in [2.45, 2.75) is 64.8 Å². The van der Waals surface area contributed by atoms with Crippen molar-refractivity contribution in [2.75, 3.05) is 6.61 Å². The second-order valence-corrected chi connectivity index (χ2v) is 7.13. The molecule has 0 spiro atoms. The standard InChI is InChI=1S/C17H26O4/c1-12(7-9-20-13(2)18)6-8-17-15(3,4)10-14(21-17)11-16(17,5)19/h6-8,14,19H,9-11H2,1-5H3/b8-6+,12-7+/t14-,16+,17+/m0/s1. The zero-order valence-corrected chi connectivity index (χ0v) is 13.6. The fourth-order valence-electron chi connectivity index (χ4n) is 3.80. The van der Waals surface area contributed by atoms with Crippen molar-refractivity contribution in [1.29, 1.82) is 0 Å². The number of aliphatic hydroxyl groups is 1. The van der Waals surface area contributed by atoms with Crippen molar-refractivity contribution < 1.29 is 19.4 Å². The van der Waals surface area contributed by atoms with Crippen LogP contribution < -0.4 is 0 Å². The van der Waals surface area contributed by atoms with Gasteiger partial charge < -0.3 is 14.6 Å². The van der Waals surface area contributed by atoms with Crippen molar-refractivity contribution in [3.05, 3.63) is 23.8 Å². The maximum Gasteiger partial charge on any atom is 0.302 e. The van der Waals surface area contributed by atoms with Gasteiger partial charge in [0.25, 0.3) is 0 Å². The number of carbonyl (C=O) groups excluding carboxylic acids is 1. The van der Waals surface area contributed by atoms with Gasteiger partial charge in [-0.3, -0.25) is 4.79 Å². The van der Waals surface area contributed by atoms with E-state index in [2.05, 4.69) is 13.8 Å². The second-order valence-electron chi connectivity index (χ2n) is 7.13. The summed E-state index contributed by atoms with van der Waals surface area (Å²) in [5, 5.41) is 10.8. The molecule has 2 aliphatic heterocycles. The van der Waals surface area contributed by atoms with E-state index in [1.807, 2.05) is 32.1 Å². The van der Waals surface area contributed by atoms with E-state index in [0.29, 0.717) is 6.42 Å². The molecular weight excluding hydrogens is 268 g/mol. The largest absolute Gasteiger partial charge is 0.462 e. The summed E-state index contributed by atoms with van der Waals surface area (Å²) in [5.41, 5.74) is -0.629. The molecule has 1 N–H and O–H groups in total. The molecule has 0 amide bonds. The minimum absolute atomic E-state index is 0.105. The average molecular weight is 294 g/mol. The van der Waals surface area contributed by atoms with E-state index < -0.39 is 11.2 Å². The number of rotatable bonds is 4. The minimum Gasteiger partial charge on any atom is -0.462 e. The van der Waals surface area contributed by atoms with Crippen molar-refractivity contribution in [3.8, 4) is 0 Å². The lowest BCUT2D eigenvalue weighted by Crippen LogP contribution is -2.56. The van der Waals surface area contributed by atoms with Crippen molar-refractivity contribution in [3.63, 3.8) is 0 Å². The Morgan fingerprint density at radius 3 is 2.52 bits per heavy atom. The second kappa shape index (κ2) is 5.25. The molecule has 2 heterocycles. The number of hydrogen-bond acceptors (Lipinski definition) is 4. The Hall–Kier alpha value is -1.13. The third kappa shape index (κ3) is 2.79. The van der Waals surface area contributed by atoms with Crippen LogP contribution in [0, 0.1) is 5.41 Å². The maximum absolute atomic E-state index is 10.8. The fourth-order valence-corrected chi connectivity index (χ4v) is 3.80. The molecule has 3 atom stereocenters. The summed E-state index contributed by atoms with van der Waals surface area (Å²) < 4.78 is 11.0. The molecule has 0 radical (unpaired) electrons. The number of allylic oxidation sites excluding steroid dienone is 2. The van der Waals surface area contributed by atoms with Crippen LogP contribution in [0.15, 0.2) is 23.8 Å². The van der Waals surface area contributed by atoms with Gasteiger partial charge in [0.2, 0.25) is 0 Å². The molecule has 0 unspecified atom stereocenters. The third-order valence-electron chi connectivity index (χ3n) is 4.79. The number of fused-ring (bicyclic) bond motifs is 2. The van der Waals surface area contributed by atoms with E-state index in [4.69, 9.17) is 9.47 Å². The lowest BCUT2D eigenvalue weighted by Gasteiger charge is -2.46. The van der Waals surface area contributed by atoms with Gasteiger partial charge in [0.05, 0.1) is 11.7 Å². The Kier molecular flexibility index (Phi) is 4.06. The molecule has 0 saturated carbocycles. The van der Waals surface area contributed by atoms with Gasteiger partial charge >= 0.3 is 5.97 Å². The Morgan fingerprint density at radius 2 is 2.00 bits per heavy atom. The first kappa shape index (κ1) is 16.2. The molecule has 0 aliphatic carbocycles. The van der Waals surface area contributed by atoms with E-state index >= 15 is 0 Å². The van der Waals surface area contributed by atoms with Crippen LogP contribution in [-0.4, -0.2) is 35.0 Å². The zero-order chi connectivity index (χ0) is 15.9. The highest BCUT2D eigenvalue weighted by Gasteiger charge is 2.67. The monoisotopic (exact) mass is 294 g/mol. The Balaban J connectivity index is 2.16. The third-order valence-corrected chi connectivity index (χ3v) is 4.79. The van der Waals surface area contributed by atoms with Crippen molar-refractivity contribution in [2.24, 2.45) is 5.41 Å². The average Bonchev–Trinajstić information content (AvgIpc) is 2.71. The fraction of sp³-hybridized carbons (Fsp3) is 0.706. The van der Waals surface area contributed by atoms with Crippen molar-refractivity contribution >= 4 is 5.97 Å². The molecule has 2 aliphatic rings. The lowest BCUT2D eigenvalue weighted by molar-refractivity contribution is -0.139. The normalized spacial score (nSPS) is 38.2. The van der Waals surface area contributed by atoms with E-state index in [9.17, 15) is 9.90 Å². The van der Waals surface area contributed by atoms with E-state index in [1.54, 1.807) is 0 Å². The predicted octanol–water partition coefficient (Wildman–Crippen LogP) is 2.76. The number of hydrogen-bond donors (Lipinski definition) is 1. The van der Waals surface area contributed by atoms with Gasteiger partial charge in [-0.25, -0.2) is 0 Å². The van der Waals surface area contributed by atoms with Crippen molar-refractivity contribution in [1.82, 2.24) is 0 Å². The summed E-state index contributed by atoms with van der Waals surface area (Å²) in [6, 6.07) is 0. The Labute approximate surface area is 126 Å². The van der Waals surface area contributed by atoms with Gasteiger partial charge in [0.1, 0.15) is 12.2 Å². The molecule has 118 valence electrons. The molecule has 0 aromatic heterocycles. The van der Waals surface area contributed by atoms with Crippen LogP contribution in [-0.2, 0) is 14.3 Å². The van der Waals surface area contributed by atoms with Crippen LogP contribution in [0.1, 0.15) is 47.5 Å². The van der Waals surface area contributed by atoms with Crippen LogP contribution in [0.3, 0.4) is 0 Å². The van der Waals surface area contributed by atoms with E-state index in [-0.39, 0.29) is 24.1 Å². The number of esters is 1.